The largest absolute Gasteiger partial charge is 0.388 e. The predicted molar refractivity (Wildman–Crippen MR) is 83.5 cm³/mol. The Hall–Kier alpha value is -1.49. The van der Waals surface area contributed by atoms with Crippen molar-refractivity contribution in [2.24, 2.45) is 4.99 Å². The maximum absolute atomic E-state index is 10.0. The van der Waals surface area contributed by atoms with Crippen molar-refractivity contribution < 1.29 is 15.3 Å². The molecule has 1 aliphatic carbocycles. The van der Waals surface area contributed by atoms with Gasteiger partial charge in [0.25, 0.3) is 0 Å². The van der Waals surface area contributed by atoms with Gasteiger partial charge < -0.3 is 15.3 Å². The van der Waals surface area contributed by atoms with Crippen molar-refractivity contribution in [1.29, 1.82) is 0 Å². The summed E-state index contributed by atoms with van der Waals surface area (Å²) in [4.78, 5) is 4.40. The molecule has 1 aromatic carbocycles. The van der Waals surface area contributed by atoms with Gasteiger partial charge in [0, 0.05) is 12.1 Å². The van der Waals surface area contributed by atoms with Crippen LogP contribution in [0, 0.1) is 0 Å². The third-order valence-corrected chi connectivity index (χ3v) is 4.00. The Morgan fingerprint density at radius 1 is 1.14 bits per heavy atom. The predicted octanol–water partition coefficient (Wildman–Crippen LogP) is 1.66. The molecule has 0 saturated heterocycles. The average Bonchev–Trinajstić information content (AvgIpc) is 2.52. The molecule has 0 amide bonds. The van der Waals surface area contributed by atoms with Crippen LogP contribution in [-0.4, -0.2) is 45.9 Å². The first-order valence-corrected chi connectivity index (χ1v) is 7.37. The van der Waals surface area contributed by atoms with E-state index in [9.17, 15) is 15.3 Å². The number of hydrogen-bond acceptors (Lipinski definition) is 4. The molecule has 4 nitrogen and oxygen atoms in total. The lowest BCUT2D eigenvalue weighted by Gasteiger charge is -2.32. The summed E-state index contributed by atoms with van der Waals surface area (Å²) in [5.41, 5.74) is 1.87. The SMILES string of the molecule is CCC1=CC(N=CC(C)c2ccccc2)C(O)C(O)C1O. The molecule has 0 heterocycles. The third-order valence-electron chi connectivity index (χ3n) is 4.00. The highest BCUT2D eigenvalue weighted by molar-refractivity contribution is 5.67. The summed E-state index contributed by atoms with van der Waals surface area (Å²) in [6, 6.07) is 9.46. The van der Waals surface area contributed by atoms with E-state index in [1.54, 1.807) is 12.3 Å². The van der Waals surface area contributed by atoms with E-state index in [0.717, 1.165) is 11.1 Å². The first-order valence-electron chi connectivity index (χ1n) is 7.37. The topological polar surface area (TPSA) is 73.1 Å². The van der Waals surface area contributed by atoms with Crippen molar-refractivity contribution in [3.8, 4) is 0 Å². The van der Waals surface area contributed by atoms with Crippen LogP contribution >= 0.6 is 0 Å². The molecule has 0 fully saturated rings. The van der Waals surface area contributed by atoms with Gasteiger partial charge in [0.15, 0.2) is 0 Å². The Balaban J connectivity index is 2.14. The quantitative estimate of drug-likeness (QED) is 0.583. The molecule has 0 radical (unpaired) electrons. The average molecular weight is 289 g/mol. The smallest absolute Gasteiger partial charge is 0.112 e. The molecule has 0 bridgehead atoms. The van der Waals surface area contributed by atoms with Crippen LogP contribution in [0.5, 0.6) is 0 Å². The second-order valence-corrected chi connectivity index (χ2v) is 5.51. The van der Waals surface area contributed by atoms with Crippen LogP contribution in [0.15, 0.2) is 47.0 Å². The molecule has 1 aliphatic rings. The summed E-state index contributed by atoms with van der Waals surface area (Å²) in [7, 11) is 0. The molecule has 0 saturated carbocycles. The minimum Gasteiger partial charge on any atom is -0.388 e. The molecule has 4 heteroatoms. The molecule has 2 rings (SSSR count). The molecule has 0 aliphatic heterocycles. The van der Waals surface area contributed by atoms with E-state index in [0.29, 0.717) is 6.42 Å². The zero-order valence-corrected chi connectivity index (χ0v) is 12.4. The number of rotatable bonds is 4. The summed E-state index contributed by atoms with van der Waals surface area (Å²) in [5, 5.41) is 29.8. The lowest BCUT2D eigenvalue weighted by Crippen LogP contribution is -2.47. The van der Waals surface area contributed by atoms with Gasteiger partial charge in [0.2, 0.25) is 0 Å². The highest BCUT2D eigenvalue weighted by Gasteiger charge is 2.36. The third kappa shape index (κ3) is 3.59. The van der Waals surface area contributed by atoms with Gasteiger partial charge >= 0.3 is 0 Å². The number of aliphatic hydroxyl groups excluding tert-OH is 3. The number of benzene rings is 1. The van der Waals surface area contributed by atoms with E-state index in [-0.39, 0.29) is 5.92 Å². The number of aliphatic hydroxyl groups is 3. The van der Waals surface area contributed by atoms with Crippen LogP contribution in [-0.2, 0) is 0 Å². The molecule has 0 aromatic heterocycles. The molecule has 114 valence electrons. The highest BCUT2D eigenvalue weighted by atomic mass is 16.4. The van der Waals surface area contributed by atoms with Gasteiger partial charge in [-0.2, -0.15) is 0 Å². The van der Waals surface area contributed by atoms with Crippen LogP contribution in [0.2, 0.25) is 0 Å². The standard InChI is InChI=1S/C17H23NO3/c1-3-12-9-14(16(20)17(21)15(12)19)18-10-11(2)13-7-5-4-6-8-13/h4-11,14-17,19-21H,3H2,1-2H3. The van der Waals surface area contributed by atoms with E-state index < -0.39 is 24.4 Å². The minimum atomic E-state index is -1.18. The van der Waals surface area contributed by atoms with E-state index >= 15 is 0 Å². The van der Waals surface area contributed by atoms with Gasteiger partial charge in [-0.05, 0) is 17.6 Å². The number of nitrogens with zero attached hydrogens (tertiary/aromatic N) is 1. The van der Waals surface area contributed by atoms with Gasteiger partial charge in [-0.1, -0.05) is 50.3 Å². The van der Waals surface area contributed by atoms with Crippen LogP contribution in [0.4, 0.5) is 0 Å². The second-order valence-electron chi connectivity index (χ2n) is 5.51. The van der Waals surface area contributed by atoms with Crippen molar-refractivity contribution >= 4 is 6.21 Å². The summed E-state index contributed by atoms with van der Waals surface area (Å²) in [6.45, 7) is 3.94. The zero-order valence-electron chi connectivity index (χ0n) is 12.4. The second kappa shape index (κ2) is 6.98. The van der Waals surface area contributed by atoms with Crippen molar-refractivity contribution in [2.45, 2.75) is 50.5 Å². The van der Waals surface area contributed by atoms with E-state index in [2.05, 4.69) is 4.99 Å². The Morgan fingerprint density at radius 2 is 1.81 bits per heavy atom. The summed E-state index contributed by atoms with van der Waals surface area (Å²) < 4.78 is 0. The number of aliphatic imine (C=N–C) groups is 1. The molecule has 5 unspecified atom stereocenters. The van der Waals surface area contributed by atoms with Crippen LogP contribution < -0.4 is 0 Å². The molecular formula is C17H23NO3. The molecular weight excluding hydrogens is 266 g/mol. The summed E-state index contributed by atoms with van der Waals surface area (Å²) in [5.74, 6) is 0.126. The maximum atomic E-state index is 10.0. The van der Waals surface area contributed by atoms with Crippen LogP contribution in [0.1, 0.15) is 31.7 Å². The molecule has 1 aromatic rings. The Kier molecular flexibility index (Phi) is 5.28. The fourth-order valence-electron chi connectivity index (χ4n) is 2.55. The summed E-state index contributed by atoms with van der Waals surface area (Å²) in [6.07, 6.45) is 0.926. The van der Waals surface area contributed by atoms with Crippen molar-refractivity contribution in [3.05, 3.63) is 47.5 Å². The molecule has 21 heavy (non-hydrogen) atoms. The van der Waals surface area contributed by atoms with Crippen LogP contribution in [0.25, 0.3) is 0 Å². The lowest BCUT2D eigenvalue weighted by atomic mass is 9.87. The Morgan fingerprint density at radius 3 is 2.43 bits per heavy atom. The minimum absolute atomic E-state index is 0.126. The Bertz CT molecular complexity index is 512. The summed E-state index contributed by atoms with van der Waals surface area (Å²) >= 11 is 0. The first kappa shape index (κ1) is 15.9. The van der Waals surface area contributed by atoms with Gasteiger partial charge in [-0.25, -0.2) is 0 Å². The van der Waals surface area contributed by atoms with Gasteiger partial charge in [0.05, 0.1) is 6.04 Å². The zero-order chi connectivity index (χ0) is 15.4. The monoisotopic (exact) mass is 289 g/mol. The van der Waals surface area contributed by atoms with Crippen molar-refractivity contribution in [1.82, 2.24) is 0 Å². The fourth-order valence-corrected chi connectivity index (χ4v) is 2.55. The van der Waals surface area contributed by atoms with Crippen LogP contribution in [0.3, 0.4) is 0 Å². The lowest BCUT2D eigenvalue weighted by molar-refractivity contribution is -0.0572. The molecule has 3 N–H and O–H groups in total. The maximum Gasteiger partial charge on any atom is 0.112 e. The van der Waals surface area contributed by atoms with Gasteiger partial charge in [0.1, 0.15) is 18.3 Å². The van der Waals surface area contributed by atoms with E-state index in [4.69, 9.17) is 0 Å². The Labute approximate surface area is 125 Å². The highest BCUT2D eigenvalue weighted by Crippen LogP contribution is 2.24. The van der Waals surface area contributed by atoms with E-state index in [1.807, 2.05) is 44.2 Å². The fraction of sp³-hybridized carbons (Fsp3) is 0.471. The number of hydrogen-bond donors (Lipinski definition) is 3. The van der Waals surface area contributed by atoms with Gasteiger partial charge in [-0.15, -0.1) is 0 Å². The molecule has 5 atom stereocenters. The first-order chi connectivity index (χ1) is 10.0. The van der Waals surface area contributed by atoms with E-state index in [1.165, 1.54) is 0 Å². The molecule has 0 spiro atoms. The normalized spacial score (nSPS) is 31.2. The van der Waals surface area contributed by atoms with Crippen molar-refractivity contribution in [2.75, 3.05) is 0 Å². The van der Waals surface area contributed by atoms with Crippen molar-refractivity contribution in [3.63, 3.8) is 0 Å². The van der Waals surface area contributed by atoms with Gasteiger partial charge in [-0.3, -0.25) is 4.99 Å².